The van der Waals surface area contributed by atoms with Crippen molar-refractivity contribution in [2.45, 2.75) is 52.6 Å². The molecule has 102 valence electrons. The predicted molar refractivity (Wildman–Crippen MR) is 76.5 cm³/mol. The molecule has 0 unspecified atom stereocenters. The number of ether oxygens (including phenoxy) is 1. The molecule has 0 amide bonds. The van der Waals surface area contributed by atoms with E-state index in [4.69, 9.17) is 4.74 Å². The van der Waals surface area contributed by atoms with Crippen LogP contribution in [0.5, 0.6) is 0 Å². The van der Waals surface area contributed by atoms with Crippen molar-refractivity contribution < 1.29 is 4.74 Å². The molecule has 0 atom stereocenters. The van der Waals surface area contributed by atoms with Gasteiger partial charge >= 0.3 is 0 Å². The number of hydrogen-bond donors (Lipinski definition) is 0. The molecular formula is C16H27NO. The van der Waals surface area contributed by atoms with Gasteiger partial charge in [-0.15, -0.1) is 0 Å². The summed E-state index contributed by atoms with van der Waals surface area (Å²) in [6, 6.07) is 0. The third kappa shape index (κ3) is 3.38. The molecule has 0 N–H and O–H groups in total. The van der Waals surface area contributed by atoms with Gasteiger partial charge in [-0.25, -0.2) is 0 Å². The van der Waals surface area contributed by atoms with Gasteiger partial charge in [-0.2, -0.15) is 0 Å². The molecule has 1 aliphatic carbocycles. The second kappa shape index (κ2) is 5.92. The van der Waals surface area contributed by atoms with E-state index >= 15 is 0 Å². The Hall–Kier alpha value is -0.760. The molecule has 2 heteroatoms. The van der Waals surface area contributed by atoms with Gasteiger partial charge in [0, 0.05) is 6.42 Å². The SMILES string of the molecule is CC1=C(C2CCN(C)CC2)C=C(OC(C)C)CC1. The summed E-state index contributed by atoms with van der Waals surface area (Å²) >= 11 is 0. The van der Waals surface area contributed by atoms with Crippen LogP contribution in [0.4, 0.5) is 0 Å². The molecule has 0 saturated carbocycles. The summed E-state index contributed by atoms with van der Waals surface area (Å²) in [6.07, 6.45) is 7.51. The lowest BCUT2D eigenvalue weighted by Crippen LogP contribution is -2.31. The standard InChI is InChI=1S/C16H27NO/c1-12(2)18-15-6-5-13(3)16(11-15)14-7-9-17(4)10-8-14/h11-12,14H,5-10H2,1-4H3. The van der Waals surface area contributed by atoms with E-state index in [2.05, 4.69) is 38.8 Å². The molecule has 0 radical (unpaired) electrons. The Kier molecular flexibility index (Phi) is 4.50. The van der Waals surface area contributed by atoms with Gasteiger partial charge < -0.3 is 9.64 Å². The molecule has 1 heterocycles. The largest absolute Gasteiger partial charge is 0.495 e. The van der Waals surface area contributed by atoms with Gasteiger partial charge in [-0.3, -0.25) is 0 Å². The summed E-state index contributed by atoms with van der Waals surface area (Å²) < 4.78 is 5.90. The first kappa shape index (κ1) is 13.7. The minimum atomic E-state index is 0.299. The number of allylic oxidation sites excluding steroid dienone is 4. The highest BCUT2D eigenvalue weighted by molar-refractivity contribution is 5.33. The summed E-state index contributed by atoms with van der Waals surface area (Å²) in [5.74, 6) is 1.96. The minimum absolute atomic E-state index is 0.299. The number of hydrogen-bond acceptors (Lipinski definition) is 2. The highest BCUT2D eigenvalue weighted by Gasteiger charge is 2.23. The molecule has 0 spiro atoms. The Balaban J connectivity index is 2.07. The molecule has 18 heavy (non-hydrogen) atoms. The topological polar surface area (TPSA) is 12.5 Å². The zero-order chi connectivity index (χ0) is 13.1. The van der Waals surface area contributed by atoms with Gasteiger partial charge in [-0.1, -0.05) is 5.57 Å². The number of likely N-dealkylation sites (tertiary alicyclic amines) is 1. The quantitative estimate of drug-likeness (QED) is 0.755. The average molecular weight is 249 g/mol. The first-order chi connectivity index (χ1) is 8.56. The van der Waals surface area contributed by atoms with E-state index in [0.29, 0.717) is 6.10 Å². The van der Waals surface area contributed by atoms with Crippen molar-refractivity contribution in [3.05, 3.63) is 23.0 Å². The van der Waals surface area contributed by atoms with Crippen LogP contribution >= 0.6 is 0 Å². The molecule has 2 nitrogen and oxygen atoms in total. The second-order valence-corrected chi connectivity index (χ2v) is 6.09. The number of nitrogens with zero attached hydrogens (tertiary/aromatic N) is 1. The van der Waals surface area contributed by atoms with Crippen LogP contribution in [0.3, 0.4) is 0 Å². The van der Waals surface area contributed by atoms with E-state index in [1.165, 1.54) is 38.1 Å². The maximum Gasteiger partial charge on any atom is 0.0969 e. The van der Waals surface area contributed by atoms with Crippen molar-refractivity contribution >= 4 is 0 Å². The summed E-state index contributed by atoms with van der Waals surface area (Å²) in [4.78, 5) is 2.43. The molecule has 2 rings (SSSR count). The monoisotopic (exact) mass is 249 g/mol. The van der Waals surface area contributed by atoms with Crippen LogP contribution in [0.1, 0.15) is 46.5 Å². The van der Waals surface area contributed by atoms with E-state index in [9.17, 15) is 0 Å². The third-order valence-corrected chi connectivity index (χ3v) is 4.10. The van der Waals surface area contributed by atoms with Gasteiger partial charge in [0.25, 0.3) is 0 Å². The normalized spacial score (nSPS) is 23.5. The Morgan fingerprint density at radius 1 is 1.22 bits per heavy atom. The lowest BCUT2D eigenvalue weighted by atomic mass is 9.83. The Morgan fingerprint density at radius 3 is 2.50 bits per heavy atom. The molecular weight excluding hydrogens is 222 g/mol. The van der Waals surface area contributed by atoms with Gasteiger partial charge in [0.1, 0.15) is 0 Å². The molecule has 0 aromatic rings. The molecule has 1 saturated heterocycles. The molecule has 1 aliphatic heterocycles. The minimum Gasteiger partial charge on any atom is -0.495 e. The lowest BCUT2D eigenvalue weighted by Gasteiger charge is -2.32. The van der Waals surface area contributed by atoms with Crippen molar-refractivity contribution in [1.29, 1.82) is 0 Å². The van der Waals surface area contributed by atoms with Crippen LogP contribution in [0, 0.1) is 5.92 Å². The fourth-order valence-corrected chi connectivity index (χ4v) is 3.01. The number of piperidine rings is 1. The second-order valence-electron chi connectivity index (χ2n) is 6.09. The van der Waals surface area contributed by atoms with Gasteiger partial charge in [-0.05, 0) is 77.7 Å². The molecule has 1 fully saturated rings. The van der Waals surface area contributed by atoms with Crippen molar-refractivity contribution in [3.63, 3.8) is 0 Å². The maximum absolute atomic E-state index is 5.90. The fourth-order valence-electron chi connectivity index (χ4n) is 3.01. The van der Waals surface area contributed by atoms with Gasteiger partial charge in [0.05, 0.1) is 11.9 Å². The molecule has 0 aromatic carbocycles. The van der Waals surface area contributed by atoms with Gasteiger partial charge in [0.2, 0.25) is 0 Å². The predicted octanol–water partition coefficient (Wildman–Crippen LogP) is 3.75. The van der Waals surface area contributed by atoms with E-state index < -0.39 is 0 Å². The summed E-state index contributed by atoms with van der Waals surface area (Å²) in [7, 11) is 2.22. The highest BCUT2D eigenvalue weighted by Crippen LogP contribution is 2.34. The van der Waals surface area contributed by atoms with Crippen LogP contribution < -0.4 is 0 Å². The fraction of sp³-hybridized carbons (Fsp3) is 0.750. The van der Waals surface area contributed by atoms with E-state index in [1.54, 1.807) is 11.1 Å². The summed E-state index contributed by atoms with van der Waals surface area (Å²) in [5, 5.41) is 0. The first-order valence-corrected chi connectivity index (χ1v) is 7.31. The smallest absolute Gasteiger partial charge is 0.0969 e. The van der Waals surface area contributed by atoms with Crippen LogP contribution in [0.2, 0.25) is 0 Å². The van der Waals surface area contributed by atoms with E-state index in [-0.39, 0.29) is 0 Å². The summed E-state index contributed by atoms with van der Waals surface area (Å²) in [6.45, 7) is 8.99. The Morgan fingerprint density at radius 2 is 1.89 bits per heavy atom. The average Bonchev–Trinajstić information content (AvgIpc) is 2.32. The summed E-state index contributed by atoms with van der Waals surface area (Å²) in [5.41, 5.74) is 3.16. The van der Waals surface area contributed by atoms with Crippen molar-refractivity contribution in [3.8, 4) is 0 Å². The Bertz CT molecular complexity index is 346. The van der Waals surface area contributed by atoms with Crippen LogP contribution in [-0.4, -0.2) is 31.1 Å². The first-order valence-electron chi connectivity index (χ1n) is 7.31. The Labute approximate surface area is 112 Å². The lowest BCUT2D eigenvalue weighted by molar-refractivity contribution is 0.137. The van der Waals surface area contributed by atoms with Gasteiger partial charge in [0.15, 0.2) is 0 Å². The van der Waals surface area contributed by atoms with Crippen molar-refractivity contribution in [1.82, 2.24) is 4.90 Å². The van der Waals surface area contributed by atoms with Crippen molar-refractivity contribution in [2.75, 3.05) is 20.1 Å². The van der Waals surface area contributed by atoms with Crippen LogP contribution in [-0.2, 0) is 4.74 Å². The molecule has 0 bridgehead atoms. The molecule has 2 aliphatic rings. The zero-order valence-electron chi connectivity index (χ0n) is 12.3. The van der Waals surface area contributed by atoms with Crippen LogP contribution in [0.15, 0.2) is 23.0 Å². The highest BCUT2D eigenvalue weighted by atomic mass is 16.5. The maximum atomic E-state index is 5.90. The van der Waals surface area contributed by atoms with Crippen molar-refractivity contribution in [2.24, 2.45) is 5.92 Å². The van der Waals surface area contributed by atoms with Crippen LogP contribution in [0.25, 0.3) is 0 Å². The zero-order valence-corrected chi connectivity index (χ0v) is 12.3. The molecule has 0 aromatic heterocycles. The van der Waals surface area contributed by atoms with E-state index in [1.807, 2.05) is 0 Å². The third-order valence-electron chi connectivity index (χ3n) is 4.10. The number of rotatable bonds is 3. The van der Waals surface area contributed by atoms with E-state index in [0.717, 1.165) is 12.3 Å².